The molecule has 0 unspecified atom stereocenters. The van der Waals surface area contributed by atoms with Gasteiger partial charge in [-0.05, 0) is 41.0 Å². The number of hydrogen-bond acceptors (Lipinski definition) is 3. The third-order valence-electron chi connectivity index (χ3n) is 2.26. The summed E-state index contributed by atoms with van der Waals surface area (Å²) >= 11 is 5.24. The van der Waals surface area contributed by atoms with E-state index < -0.39 is 0 Å². The number of halogens is 1. The maximum absolute atomic E-state index is 4.01. The van der Waals surface area contributed by atoms with Crippen LogP contribution >= 0.6 is 27.3 Å². The highest BCUT2D eigenvalue weighted by molar-refractivity contribution is 9.11. The molecule has 0 atom stereocenters. The van der Waals surface area contributed by atoms with Gasteiger partial charge in [-0.1, -0.05) is 0 Å². The topological polar surface area (TPSA) is 29.9 Å². The van der Waals surface area contributed by atoms with Gasteiger partial charge in [0.15, 0.2) is 0 Å². The lowest BCUT2D eigenvalue weighted by molar-refractivity contribution is 0.583. The average molecular weight is 300 g/mol. The van der Waals surface area contributed by atoms with E-state index in [1.54, 1.807) is 11.3 Å². The molecule has 2 aromatic heterocycles. The molecule has 0 aliphatic rings. The molecule has 5 heteroatoms. The van der Waals surface area contributed by atoms with Crippen molar-refractivity contribution in [2.24, 2.45) is 0 Å². The number of imidazole rings is 1. The van der Waals surface area contributed by atoms with Crippen LogP contribution in [0.25, 0.3) is 0 Å². The van der Waals surface area contributed by atoms with Gasteiger partial charge < -0.3 is 9.88 Å². The predicted octanol–water partition coefficient (Wildman–Crippen LogP) is 2.89. The lowest BCUT2D eigenvalue weighted by Crippen LogP contribution is -2.15. The number of hydrogen-bond donors (Lipinski definition) is 1. The molecule has 2 heterocycles. The summed E-state index contributed by atoms with van der Waals surface area (Å²) in [5.74, 6) is 0. The highest BCUT2D eigenvalue weighted by atomic mass is 79.9. The van der Waals surface area contributed by atoms with Gasteiger partial charge in [0.2, 0.25) is 0 Å². The fourth-order valence-electron chi connectivity index (χ4n) is 1.46. The fourth-order valence-corrected chi connectivity index (χ4v) is 2.92. The zero-order chi connectivity index (χ0) is 11.2. The summed E-state index contributed by atoms with van der Waals surface area (Å²) in [6.07, 6.45) is 6.80. The van der Waals surface area contributed by atoms with Gasteiger partial charge in [0.05, 0.1) is 10.1 Å². The Hall–Kier alpha value is -0.650. The predicted molar refractivity (Wildman–Crippen MR) is 70.6 cm³/mol. The summed E-state index contributed by atoms with van der Waals surface area (Å²) < 4.78 is 3.30. The van der Waals surface area contributed by atoms with Crippen LogP contribution in [-0.2, 0) is 13.1 Å². The Morgan fingerprint density at radius 1 is 1.44 bits per heavy atom. The third-order valence-corrected chi connectivity index (χ3v) is 3.88. The van der Waals surface area contributed by atoms with Crippen molar-refractivity contribution in [3.63, 3.8) is 0 Å². The first-order valence-corrected chi connectivity index (χ1v) is 6.86. The molecule has 0 aliphatic carbocycles. The molecule has 86 valence electrons. The van der Waals surface area contributed by atoms with Crippen LogP contribution in [0.5, 0.6) is 0 Å². The van der Waals surface area contributed by atoms with Gasteiger partial charge in [0.1, 0.15) is 0 Å². The first-order valence-electron chi connectivity index (χ1n) is 5.25. The molecule has 0 spiro atoms. The van der Waals surface area contributed by atoms with E-state index in [2.05, 4.69) is 42.9 Å². The minimum atomic E-state index is 0.959. The molecular weight excluding hydrogens is 286 g/mol. The fraction of sp³-hybridized carbons (Fsp3) is 0.364. The van der Waals surface area contributed by atoms with Crippen molar-refractivity contribution in [2.45, 2.75) is 19.5 Å². The maximum Gasteiger partial charge on any atom is 0.0945 e. The first kappa shape index (κ1) is 11.8. The molecule has 0 bridgehead atoms. The summed E-state index contributed by atoms with van der Waals surface area (Å²) in [7, 11) is 0. The van der Waals surface area contributed by atoms with E-state index in [9.17, 15) is 0 Å². The molecule has 1 N–H and O–H groups in total. The molecule has 0 aromatic carbocycles. The van der Waals surface area contributed by atoms with Crippen LogP contribution in [0.1, 0.15) is 11.3 Å². The zero-order valence-corrected chi connectivity index (χ0v) is 11.3. The SMILES string of the molecule is Brc1ccc(CNCCCn2ccnc2)s1. The first-order chi connectivity index (χ1) is 7.84. The van der Waals surface area contributed by atoms with Gasteiger partial charge in [-0.25, -0.2) is 4.98 Å². The summed E-state index contributed by atoms with van der Waals surface area (Å²) in [5, 5.41) is 3.43. The van der Waals surface area contributed by atoms with Gasteiger partial charge >= 0.3 is 0 Å². The van der Waals surface area contributed by atoms with E-state index in [0.717, 1.165) is 26.1 Å². The number of thiophene rings is 1. The average Bonchev–Trinajstić information content (AvgIpc) is 2.89. The Bertz CT molecular complexity index is 411. The molecule has 3 nitrogen and oxygen atoms in total. The summed E-state index contributed by atoms with van der Waals surface area (Å²) in [6.45, 7) is 3.02. The van der Waals surface area contributed by atoms with Crippen molar-refractivity contribution >= 4 is 27.3 Å². The van der Waals surface area contributed by atoms with Crippen LogP contribution < -0.4 is 5.32 Å². The molecule has 0 fully saturated rings. The lowest BCUT2D eigenvalue weighted by Gasteiger charge is -2.03. The number of nitrogens with zero attached hydrogens (tertiary/aromatic N) is 2. The van der Waals surface area contributed by atoms with Crippen molar-refractivity contribution in [1.29, 1.82) is 0 Å². The van der Waals surface area contributed by atoms with Gasteiger partial charge in [-0.3, -0.25) is 0 Å². The van der Waals surface area contributed by atoms with Crippen LogP contribution in [0.3, 0.4) is 0 Å². The summed E-state index contributed by atoms with van der Waals surface area (Å²) in [5.41, 5.74) is 0. The highest BCUT2D eigenvalue weighted by Crippen LogP contribution is 2.21. The molecule has 2 rings (SSSR count). The second kappa shape index (κ2) is 6.18. The van der Waals surface area contributed by atoms with Gasteiger partial charge in [-0.2, -0.15) is 0 Å². The Morgan fingerprint density at radius 3 is 3.06 bits per heavy atom. The molecule has 2 aromatic rings. The quantitative estimate of drug-likeness (QED) is 0.831. The largest absolute Gasteiger partial charge is 0.337 e. The number of aromatic nitrogens is 2. The normalized spacial score (nSPS) is 10.8. The van der Waals surface area contributed by atoms with Crippen LogP contribution in [0.2, 0.25) is 0 Å². The van der Waals surface area contributed by atoms with Crippen molar-refractivity contribution in [2.75, 3.05) is 6.54 Å². The van der Waals surface area contributed by atoms with Gasteiger partial charge in [-0.15, -0.1) is 11.3 Å². The lowest BCUT2D eigenvalue weighted by atomic mass is 10.4. The molecule has 16 heavy (non-hydrogen) atoms. The zero-order valence-electron chi connectivity index (χ0n) is 8.90. The molecular formula is C11H14BrN3S. The van der Waals surface area contributed by atoms with Crippen LogP contribution in [-0.4, -0.2) is 16.1 Å². The molecule has 0 saturated carbocycles. The van der Waals surface area contributed by atoms with Crippen molar-refractivity contribution in [1.82, 2.24) is 14.9 Å². The summed E-state index contributed by atoms with van der Waals surface area (Å²) in [6, 6.07) is 4.24. The van der Waals surface area contributed by atoms with E-state index in [-0.39, 0.29) is 0 Å². The van der Waals surface area contributed by atoms with E-state index in [1.807, 2.05) is 18.7 Å². The molecule has 0 saturated heterocycles. The standard InChI is InChI=1S/C11H14BrN3S/c12-11-3-2-10(16-11)8-13-4-1-6-15-7-5-14-9-15/h2-3,5,7,9,13H,1,4,6,8H2. The van der Waals surface area contributed by atoms with Gasteiger partial charge in [0.25, 0.3) is 0 Å². The number of aryl methyl sites for hydroxylation is 1. The second-order valence-electron chi connectivity index (χ2n) is 3.54. The van der Waals surface area contributed by atoms with Crippen LogP contribution in [0, 0.1) is 0 Å². The Morgan fingerprint density at radius 2 is 2.38 bits per heavy atom. The monoisotopic (exact) mass is 299 g/mol. The van der Waals surface area contributed by atoms with E-state index in [0.29, 0.717) is 0 Å². The number of rotatable bonds is 6. The van der Waals surface area contributed by atoms with Crippen LogP contribution in [0.4, 0.5) is 0 Å². The third kappa shape index (κ3) is 3.73. The molecule has 0 radical (unpaired) electrons. The van der Waals surface area contributed by atoms with E-state index in [1.165, 1.54) is 8.66 Å². The van der Waals surface area contributed by atoms with Crippen molar-refractivity contribution in [3.8, 4) is 0 Å². The van der Waals surface area contributed by atoms with Crippen LogP contribution in [0.15, 0.2) is 34.6 Å². The smallest absolute Gasteiger partial charge is 0.0945 e. The molecule has 0 amide bonds. The second-order valence-corrected chi connectivity index (χ2v) is 6.08. The highest BCUT2D eigenvalue weighted by Gasteiger charge is 1.96. The van der Waals surface area contributed by atoms with Crippen molar-refractivity contribution < 1.29 is 0 Å². The minimum Gasteiger partial charge on any atom is -0.337 e. The molecule has 0 aliphatic heterocycles. The van der Waals surface area contributed by atoms with Gasteiger partial charge in [0, 0.05) is 30.4 Å². The van der Waals surface area contributed by atoms with Crippen molar-refractivity contribution in [3.05, 3.63) is 39.5 Å². The van der Waals surface area contributed by atoms with E-state index in [4.69, 9.17) is 0 Å². The Balaban J connectivity index is 1.59. The Kier molecular flexibility index (Phi) is 4.56. The Labute approximate surface area is 108 Å². The minimum absolute atomic E-state index is 0.959. The number of nitrogens with one attached hydrogen (secondary N) is 1. The van der Waals surface area contributed by atoms with E-state index >= 15 is 0 Å². The summed E-state index contributed by atoms with van der Waals surface area (Å²) in [4.78, 5) is 5.38. The maximum atomic E-state index is 4.01.